The molecule has 0 aliphatic heterocycles. The Morgan fingerprint density at radius 3 is 2.80 bits per heavy atom. The maximum absolute atomic E-state index is 13.2. The number of hydrogen-bond donors (Lipinski definition) is 2. The van der Waals surface area contributed by atoms with Gasteiger partial charge in [0, 0.05) is 6.54 Å². The van der Waals surface area contributed by atoms with Crippen LogP contribution >= 0.6 is 0 Å². The van der Waals surface area contributed by atoms with Crippen LogP contribution in [-0.4, -0.2) is 18.6 Å². The van der Waals surface area contributed by atoms with E-state index >= 15 is 0 Å². The van der Waals surface area contributed by atoms with Crippen LogP contribution < -0.4 is 10.5 Å². The zero-order valence-electron chi connectivity index (χ0n) is 10.6. The SMILES string of the molecule is Cc1noc(CNS(=O)(=O)c2cc(F)ccc2CN)n1. The fourth-order valence-electron chi connectivity index (χ4n) is 1.59. The molecule has 9 heteroatoms. The lowest BCUT2D eigenvalue weighted by atomic mass is 10.2. The van der Waals surface area contributed by atoms with Crippen molar-refractivity contribution in [2.45, 2.75) is 24.9 Å². The van der Waals surface area contributed by atoms with Gasteiger partial charge >= 0.3 is 0 Å². The summed E-state index contributed by atoms with van der Waals surface area (Å²) in [7, 11) is -3.91. The third-order valence-electron chi connectivity index (χ3n) is 2.52. The molecule has 0 radical (unpaired) electrons. The third kappa shape index (κ3) is 3.18. The molecule has 1 aromatic heterocycles. The molecule has 0 amide bonds. The first kappa shape index (κ1) is 14.6. The molecule has 2 aromatic rings. The van der Waals surface area contributed by atoms with Gasteiger partial charge in [-0.2, -0.15) is 4.98 Å². The zero-order valence-corrected chi connectivity index (χ0v) is 11.4. The number of halogens is 1. The van der Waals surface area contributed by atoms with Crippen molar-refractivity contribution in [3.63, 3.8) is 0 Å². The first-order chi connectivity index (χ1) is 9.42. The highest BCUT2D eigenvalue weighted by Gasteiger charge is 2.19. The van der Waals surface area contributed by atoms with Crippen LogP contribution in [0.15, 0.2) is 27.6 Å². The van der Waals surface area contributed by atoms with Crippen molar-refractivity contribution in [1.82, 2.24) is 14.9 Å². The Morgan fingerprint density at radius 2 is 2.20 bits per heavy atom. The van der Waals surface area contributed by atoms with E-state index in [1.807, 2.05) is 0 Å². The number of nitrogens with two attached hydrogens (primary N) is 1. The Balaban J connectivity index is 2.24. The summed E-state index contributed by atoms with van der Waals surface area (Å²) in [6, 6.07) is 3.41. The predicted octanol–water partition coefficient (Wildman–Crippen LogP) is 0.454. The molecule has 2 rings (SSSR count). The topological polar surface area (TPSA) is 111 Å². The molecule has 0 unspecified atom stereocenters. The van der Waals surface area contributed by atoms with Gasteiger partial charge in [0.05, 0.1) is 11.4 Å². The van der Waals surface area contributed by atoms with Crippen molar-refractivity contribution < 1.29 is 17.3 Å². The van der Waals surface area contributed by atoms with Crippen molar-refractivity contribution >= 4 is 10.0 Å². The Morgan fingerprint density at radius 1 is 1.45 bits per heavy atom. The van der Waals surface area contributed by atoms with Crippen molar-refractivity contribution in [3.8, 4) is 0 Å². The zero-order chi connectivity index (χ0) is 14.8. The molecule has 0 aliphatic rings. The second-order valence-electron chi connectivity index (χ2n) is 4.02. The van der Waals surface area contributed by atoms with Crippen LogP contribution in [0.1, 0.15) is 17.3 Å². The Labute approximate surface area is 115 Å². The molecule has 0 saturated heterocycles. The van der Waals surface area contributed by atoms with Gasteiger partial charge in [0.1, 0.15) is 5.82 Å². The van der Waals surface area contributed by atoms with Crippen LogP contribution in [0.25, 0.3) is 0 Å². The molecule has 20 heavy (non-hydrogen) atoms. The summed E-state index contributed by atoms with van der Waals surface area (Å²) < 4.78 is 44.5. The Bertz CT molecular complexity index is 714. The molecule has 0 atom stereocenters. The predicted molar refractivity (Wildman–Crippen MR) is 67.4 cm³/mol. The van der Waals surface area contributed by atoms with Gasteiger partial charge in [-0.05, 0) is 24.6 Å². The van der Waals surface area contributed by atoms with E-state index in [9.17, 15) is 12.8 Å². The third-order valence-corrected chi connectivity index (χ3v) is 4.01. The van der Waals surface area contributed by atoms with Gasteiger partial charge in [-0.1, -0.05) is 11.2 Å². The minimum absolute atomic E-state index is 0.0177. The number of nitrogens with one attached hydrogen (secondary N) is 1. The van der Waals surface area contributed by atoms with E-state index in [1.165, 1.54) is 6.07 Å². The molecule has 1 heterocycles. The normalized spacial score (nSPS) is 11.8. The monoisotopic (exact) mass is 300 g/mol. The average molecular weight is 300 g/mol. The maximum atomic E-state index is 13.2. The lowest BCUT2D eigenvalue weighted by Crippen LogP contribution is -2.25. The molecular formula is C11H13FN4O3S. The first-order valence-corrected chi connectivity index (χ1v) is 7.18. The van der Waals surface area contributed by atoms with Crippen LogP contribution in [0.4, 0.5) is 4.39 Å². The van der Waals surface area contributed by atoms with Gasteiger partial charge in [-0.3, -0.25) is 0 Å². The van der Waals surface area contributed by atoms with Gasteiger partial charge in [-0.15, -0.1) is 0 Å². The molecule has 1 aromatic carbocycles. The molecule has 7 nitrogen and oxygen atoms in total. The highest BCUT2D eigenvalue weighted by atomic mass is 32.2. The molecule has 0 saturated carbocycles. The smallest absolute Gasteiger partial charge is 0.241 e. The maximum Gasteiger partial charge on any atom is 0.241 e. The number of aromatic nitrogens is 2. The van der Waals surface area contributed by atoms with Gasteiger partial charge in [0.25, 0.3) is 0 Å². The Kier molecular flexibility index (Phi) is 4.12. The number of benzene rings is 1. The second kappa shape index (κ2) is 5.65. The lowest BCUT2D eigenvalue weighted by molar-refractivity contribution is 0.372. The molecule has 0 spiro atoms. The van der Waals surface area contributed by atoms with Crippen LogP contribution in [-0.2, 0) is 23.1 Å². The van der Waals surface area contributed by atoms with E-state index in [-0.39, 0.29) is 23.9 Å². The summed E-state index contributed by atoms with van der Waals surface area (Å²) in [5, 5.41) is 3.54. The van der Waals surface area contributed by atoms with Crippen LogP contribution in [0, 0.1) is 12.7 Å². The molecule has 0 fully saturated rings. The molecule has 3 N–H and O–H groups in total. The van der Waals surface area contributed by atoms with E-state index in [0.717, 1.165) is 12.1 Å². The van der Waals surface area contributed by atoms with Gasteiger partial charge in [0.15, 0.2) is 5.82 Å². The highest BCUT2D eigenvalue weighted by Crippen LogP contribution is 2.17. The quantitative estimate of drug-likeness (QED) is 0.829. The summed E-state index contributed by atoms with van der Waals surface area (Å²) >= 11 is 0. The van der Waals surface area contributed by atoms with Crippen molar-refractivity contribution in [3.05, 3.63) is 41.3 Å². The standard InChI is InChI=1S/C11H13FN4O3S/c1-7-15-11(19-16-7)6-14-20(17,18)10-4-9(12)3-2-8(10)5-13/h2-4,14H,5-6,13H2,1H3. The highest BCUT2D eigenvalue weighted by molar-refractivity contribution is 7.89. The van der Waals surface area contributed by atoms with E-state index in [0.29, 0.717) is 11.4 Å². The lowest BCUT2D eigenvalue weighted by Gasteiger charge is -2.09. The Hall–Kier alpha value is -1.84. The number of aryl methyl sites for hydroxylation is 1. The minimum Gasteiger partial charge on any atom is -0.338 e. The fourth-order valence-corrected chi connectivity index (χ4v) is 2.83. The van der Waals surface area contributed by atoms with E-state index < -0.39 is 15.8 Å². The van der Waals surface area contributed by atoms with Crippen molar-refractivity contribution in [2.24, 2.45) is 5.73 Å². The van der Waals surface area contributed by atoms with Gasteiger partial charge in [-0.25, -0.2) is 17.5 Å². The molecule has 108 valence electrons. The fraction of sp³-hybridized carbons (Fsp3) is 0.273. The second-order valence-corrected chi connectivity index (χ2v) is 5.75. The number of sulfonamides is 1. The van der Waals surface area contributed by atoms with Gasteiger partial charge in [0.2, 0.25) is 15.9 Å². The van der Waals surface area contributed by atoms with Crippen LogP contribution in [0.3, 0.4) is 0 Å². The van der Waals surface area contributed by atoms with Gasteiger partial charge < -0.3 is 10.3 Å². The number of nitrogens with zero attached hydrogens (tertiary/aromatic N) is 2. The van der Waals surface area contributed by atoms with E-state index in [2.05, 4.69) is 14.9 Å². The number of rotatable bonds is 5. The first-order valence-electron chi connectivity index (χ1n) is 5.70. The van der Waals surface area contributed by atoms with E-state index in [4.69, 9.17) is 10.3 Å². The summed E-state index contributed by atoms with van der Waals surface area (Å²) in [5.41, 5.74) is 5.77. The molecular weight excluding hydrogens is 287 g/mol. The van der Waals surface area contributed by atoms with Crippen molar-refractivity contribution in [2.75, 3.05) is 0 Å². The molecule has 0 bridgehead atoms. The largest absolute Gasteiger partial charge is 0.338 e. The summed E-state index contributed by atoms with van der Waals surface area (Å²) in [4.78, 5) is 3.67. The summed E-state index contributed by atoms with van der Waals surface area (Å²) in [5.74, 6) is -0.138. The summed E-state index contributed by atoms with van der Waals surface area (Å²) in [6.07, 6.45) is 0. The van der Waals surface area contributed by atoms with Crippen molar-refractivity contribution in [1.29, 1.82) is 0 Å². The van der Waals surface area contributed by atoms with Crippen LogP contribution in [0.5, 0.6) is 0 Å². The molecule has 0 aliphatic carbocycles. The minimum atomic E-state index is -3.91. The average Bonchev–Trinajstić information content (AvgIpc) is 2.82. The van der Waals surface area contributed by atoms with E-state index in [1.54, 1.807) is 6.92 Å². The summed E-state index contributed by atoms with van der Waals surface area (Å²) in [6.45, 7) is 1.42. The van der Waals surface area contributed by atoms with Crippen LogP contribution in [0.2, 0.25) is 0 Å². The number of hydrogen-bond acceptors (Lipinski definition) is 6.